The van der Waals surface area contributed by atoms with Crippen LogP contribution in [-0.4, -0.2) is 6.21 Å². The third-order valence-electron chi connectivity index (χ3n) is 4.64. The lowest BCUT2D eigenvalue weighted by Crippen LogP contribution is -2.09. The molecular weight excluding hydrogens is 354 g/mol. The van der Waals surface area contributed by atoms with Gasteiger partial charge in [-0.3, -0.25) is 5.43 Å². The second-order valence-corrected chi connectivity index (χ2v) is 6.83. The van der Waals surface area contributed by atoms with Gasteiger partial charge in [0, 0.05) is 17.1 Å². The molecule has 0 heterocycles. The summed E-state index contributed by atoms with van der Waals surface area (Å²) in [6.45, 7) is 2.07. The fraction of sp³-hybridized carbons (Fsp3) is 0.0385. The fourth-order valence-electron chi connectivity index (χ4n) is 3.12. The molecule has 0 spiro atoms. The lowest BCUT2D eigenvalue weighted by Gasteiger charge is -2.25. The molecule has 0 atom stereocenters. The number of hydrogen-bond donors (Lipinski definition) is 1. The molecule has 3 heteroatoms. The first-order chi connectivity index (χ1) is 14.3. The van der Waals surface area contributed by atoms with Crippen LogP contribution < -0.4 is 10.3 Å². The molecule has 0 saturated heterocycles. The molecule has 0 aliphatic rings. The Morgan fingerprint density at radius 1 is 0.621 bits per heavy atom. The molecular formula is C26H23N3. The third kappa shape index (κ3) is 4.71. The smallest absolute Gasteiger partial charge is 0.0561 e. The van der Waals surface area contributed by atoms with Gasteiger partial charge in [-0.05, 0) is 61.0 Å². The summed E-state index contributed by atoms with van der Waals surface area (Å²) in [7, 11) is 0. The van der Waals surface area contributed by atoms with Crippen molar-refractivity contribution in [1.29, 1.82) is 0 Å². The number of para-hydroxylation sites is 2. The third-order valence-corrected chi connectivity index (χ3v) is 4.64. The van der Waals surface area contributed by atoms with Gasteiger partial charge in [-0.15, -0.1) is 0 Å². The van der Waals surface area contributed by atoms with Gasteiger partial charge in [0.1, 0.15) is 0 Å². The maximum atomic E-state index is 4.34. The molecule has 0 radical (unpaired) electrons. The van der Waals surface area contributed by atoms with E-state index in [2.05, 4.69) is 107 Å². The Labute approximate surface area is 172 Å². The van der Waals surface area contributed by atoms with Crippen molar-refractivity contribution in [3.8, 4) is 0 Å². The van der Waals surface area contributed by atoms with E-state index in [9.17, 15) is 0 Å². The summed E-state index contributed by atoms with van der Waals surface area (Å²) >= 11 is 0. The summed E-state index contributed by atoms with van der Waals surface area (Å²) in [5.41, 5.74) is 9.67. The van der Waals surface area contributed by atoms with Crippen LogP contribution in [-0.2, 0) is 0 Å². The molecule has 142 valence electrons. The summed E-state index contributed by atoms with van der Waals surface area (Å²) in [6, 6.07) is 37.3. The number of nitrogens with zero attached hydrogens (tertiary/aromatic N) is 2. The van der Waals surface area contributed by atoms with E-state index in [1.54, 1.807) is 0 Å². The number of hydrogen-bond acceptors (Lipinski definition) is 3. The maximum absolute atomic E-state index is 4.34. The summed E-state index contributed by atoms with van der Waals surface area (Å²) in [6.07, 6.45) is 1.83. The summed E-state index contributed by atoms with van der Waals surface area (Å²) in [5, 5.41) is 4.34. The van der Waals surface area contributed by atoms with E-state index in [0.29, 0.717) is 0 Å². The number of benzene rings is 4. The van der Waals surface area contributed by atoms with Crippen molar-refractivity contribution in [2.45, 2.75) is 6.92 Å². The molecule has 1 N–H and O–H groups in total. The molecule has 0 unspecified atom stereocenters. The Hall–Kier alpha value is -3.85. The first kappa shape index (κ1) is 18.5. The molecule has 0 aliphatic heterocycles. The predicted octanol–water partition coefficient (Wildman–Crippen LogP) is 6.91. The maximum Gasteiger partial charge on any atom is 0.0561 e. The first-order valence-corrected chi connectivity index (χ1v) is 9.66. The van der Waals surface area contributed by atoms with E-state index in [0.717, 1.165) is 28.3 Å². The van der Waals surface area contributed by atoms with Gasteiger partial charge in [0.15, 0.2) is 0 Å². The van der Waals surface area contributed by atoms with E-state index in [1.165, 1.54) is 5.56 Å². The highest BCUT2D eigenvalue weighted by Gasteiger charge is 2.11. The molecule has 0 saturated carbocycles. The lowest BCUT2D eigenvalue weighted by atomic mass is 10.1. The van der Waals surface area contributed by atoms with Crippen LogP contribution in [0.25, 0.3) is 0 Å². The Bertz CT molecular complexity index is 1010. The quantitative estimate of drug-likeness (QED) is 0.292. The molecule has 4 aromatic carbocycles. The minimum atomic E-state index is 0.975. The van der Waals surface area contributed by atoms with E-state index in [4.69, 9.17) is 0 Å². The molecule has 0 aromatic heterocycles. The summed E-state index contributed by atoms with van der Waals surface area (Å²) in [4.78, 5) is 2.24. The zero-order valence-corrected chi connectivity index (χ0v) is 16.4. The zero-order chi connectivity index (χ0) is 19.9. The molecule has 4 rings (SSSR count). The number of aryl methyl sites for hydroxylation is 1. The average molecular weight is 377 g/mol. The Kier molecular flexibility index (Phi) is 5.68. The fourth-order valence-corrected chi connectivity index (χ4v) is 3.12. The molecule has 0 amide bonds. The molecule has 0 bridgehead atoms. The Morgan fingerprint density at radius 3 is 1.69 bits per heavy atom. The van der Waals surface area contributed by atoms with Gasteiger partial charge in [0.2, 0.25) is 0 Å². The van der Waals surface area contributed by atoms with Crippen molar-refractivity contribution in [3.05, 3.63) is 120 Å². The average Bonchev–Trinajstić information content (AvgIpc) is 2.78. The lowest BCUT2D eigenvalue weighted by molar-refractivity contribution is 1.28. The number of rotatable bonds is 6. The highest BCUT2D eigenvalue weighted by molar-refractivity contribution is 5.83. The molecule has 3 nitrogen and oxygen atoms in total. The Balaban J connectivity index is 1.54. The minimum absolute atomic E-state index is 0.975. The van der Waals surface area contributed by atoms with Gasteiger partial charge in [-0.1, -0.05) is 66.2 Å². The van der Waals surface area contributed by atoms with Crippen LogP contribution in [0, 0.1) is 6.92 Å². The number of hydrazone groups is 1. The van der Waals surface area contributed by atoms with Gasteiger partial charge in [0.25, 0.3) is 0 Å². The number of anilines is 4. The highest BCUT2D eigenvalue weighted by atomic mass is 15.3. The van der Waals surface area contributed by atoms with Crippen LogP contribution in [0.1, 0.15) is 11.1 Å². The van der Waals surface area contributed by atoms with Crippen LogP contribution in [0.4, 0.5) is 22.7 Å². The monoisotopic (exact) mass is 377 g/mol. The standard InChI is InChI=1S/C26H23N3/c1-21-12-16-23(17-13-21)28-27-20-22-14-18-26(19-15-22)29(24-8-4-2-5-9-24)25-10-6-3-7-11-25/h2-20,28H,1H3. The number of nitrogens with one attached hydrogen (secondary N) is 1. The van der Waals surface area contributed by atoms with Crippen molar-refractivity contribution in [2.75, 3.05) is 10.3 Å². The van der Waals surface area contributed by atoms with E-state index in [1.807, 2.05) is 30.5 Å². The van der Waals surface area contributed by atoms with Crippen molar-refractivity contribution in [1.82, 2.24) is 0 Å². The molecule has 0 aliphatic carbocycles. The van der Waals surface area contributed by atoms with E-state index >= 15 is 0 Å². The van der Waals surface area contributed by atoms with Crippen LogP contribution >= 0.6 is 0 Å². The summed E-state index contributed by atoms with van der Waals surface area (Å²) in [5.74, 6) is 0. The van der Waals surface area contributed by atoms with Crippen LogP contribution in [0.15, 0.2) is 114 Å². The molecule has 0 fully saturated rings. The SMILES string of the molecule is Cc1ccc(NN=Cc2ccc(N(c3ccccc3)c3ccccc3)cc2)cc1. The molecule has 4 aromatic rings. The second kappa shape index (κ2) is 8.89. The first-order valence-electron chi connectivity index (χ1n) is 9.66. The highest BCUT2D eigenvalue weighted by Crippen LogP contribution is 2.33. The topological polar surface area (TPSA) is 27.6 Å². The van der Waals surface area contributed by atoms with Crippen LogP contribution in [0.2, 0.25) is 0 Å². The van der Waals surface area contributed by atoms with Gasteiger partial charge in [-0.2, -0.15) is 5.10 Å². The molecule has 29 heavy (non-hydrogen) atoms. The van der Waals surface area contributed by atoms with Gasteiger partial charge in [-0.25, -0.2) is 0 Å². The van der Waals surface area contributed by atoms with Crippen molar-refractivity contribution in [3.63, 3.8) is 0 Å². The van der Waals surface area contributed by atoms with E-state index in [-0.39, 0.29) is 0 Å². The zero-order valence-electron chi connectivity index (χ0n) is 16.4. The van der Waals surface area contributed by atoms with Gasteiger partial charge in [0.05, 0.1) is 11.9 Å². The van der Waals surface area contributed by atoms with Crippen LogP contribution in [0.3, 0.4) is 0 Å². The van der Waals surface area contributed by atoms with Crippen LogP contribution in [0.5, 0.6) is 0 Å². The van der Waals surface area contributed by atoms with E-state index < -0.39 is 0 Å². The largest absolute Gasteiger partial charge is 0.311 e. The van der Waals surface area contributed by atoms with Gasteiger partial charge < -0.3 is 4.90 Å². The second-order valence-electron chi connectivity index (χ2n) is 6.83. The summed E-state index contributed by atoms with van der Waals surface area (Å²) < 4.78 is 0. The minimum Gasteiger partial charge on any atom is -0.311 e. The van der Waals surface area contributed by atoms with Crippen molar-refractivity contribution in [2.24, 2.45) is 5.10 Å². The van der Waals surface area contributed by atoms with Crippen molar-refractivity contribution < 1.29 is 0 Å². The van der Waals surface area contributed by atoms with Crippen molar-refractivity contribution >= 4 is 29.0 Å². The van der Waals surface area contributed by atoms with Gasteiger partial charge >= 0.3 is 0 Å². The normalized spacial score (nSPS) is 10.8. The Morgan fingerprint density at radius 2 is 1.14 bits per heavy atom. The predicted molar refractivity (Wildman–Crippen MR) is 124 cm³/mol.